The molecule has 0 aliphatic rings. The molecule has 0 unspecified atom stereocenters. The largest absolute Gasteiger partial charge is 0.288 e. The third-order valence-electron chi connectivity index (χ3n) is 4.46. The van der Waals surface area contributed by atoms with Gasteiger partial charge in [0, 0.05) is 0 Å². The Bertz CT molecular complexity index is 1280. The number of rotatable bonds is 6. The molecule has 0 aliphatic carbocycles. The molecule has 0 saturated carbocycles. The van der Waals surface area contributed by atoms with Gasteiger partial charge in [0.2, 0.25) is 19.7 Å². The van der Waals surface area contributed by atoms with E-state index in [0.29, 0.717) is 12.1 Å². The van der Waals surface area contributed by atoms with Gasteiger partial charge in [0.1, 0.15) is 0 Å². The summed E-state index contributed by atoms with van der Waals surface area (Å²) < 4.78 is 52.7. The number of carbonyl (C=O) groups is 2. The minimum absolute atomic E-state index is 0.249. The number of sulfone groups is 2. The molecule has 0 bridgehead atoms. The van der Waals surface area contributed by atoms with Crippen LogP contribution in [0.2, 0.25) is 0 Å². The summed E-state index contributed by atoms with van der Waals surface area (Å²) >= 11 is 0. The van der Waals surface area contributed by atoms with Gasteiger partial charge in [0.05, 0.1) is 30.7 Å². The van der Waals surface area contributed by atoms with E-state index < -0.39 is 52.4 Å². The van der Waals surface area contributed by atoms with E-state index in [1.807, 2.05) is 0 Å². The van der Waals surface area contributed by atoms with E-state index >= 15 is 0 Å². The van der Waals surface area contributed by atoms with Crippen molar-refractivity contribution in [1.29, 1.82) is 0 Å². The zero-order valence-electron chi connectivity index (χ0n) is 16.1. The van der Waals surface area contributed by atoms with Gasteiger partial charge in [-0.2, -0.15) is 0 Å². The molecule has 166 valence electrons. The van der Waals surface area contributed by atoms with Crippen LogP contribution < -0.4 is 11.0 Å². The molecule has 0 radical (unpaired) electrons. The van der Waals surface area contributed by atoms with E-state index in [4.69, 9.17) is 10.4 Å². The second-order valence-corrected chi connectivity index (χ2v) is 10.2. The lowest BCUT2D eigenvalue weighted by Gasteiger charge is -2.15. The van der Waals surface area contributed by atoms with Gasteiger partial charge >= 0.3 is 0 Å². The number of hydrogen-bond donors (Lipinski definition) is 4. The van der Waals surface area contributed by atoms with E-state index in [1.54, 1.807) is 12.1 Å². The number of hydroxylamine groups is 2. The molecule has 0 heterocycles. The molecule has 3 rings (SSSR count). The monoisotopic (exact) mass is 476 g/mol. The molecule has 32 heavy (non-hydrogen) atoms. The Balaban J connectivity index is 2.41. The summed E-state index contributed by atoms with van der Waals surface area (Å²) in [5.41, 5.74) is 1.11. The van der Waals surface area contributed by atoms with Crippen LogP contribution in [0.15, 0.2) is 92.4 Å². The van der Waals surface area contributed by atoms with E-state index in [-0.39, 0.29) is 9.79 Å². The Morgan fingerprint density at radius 3 is 1.19 bits per heavy atom. The third-order valence-corrected chi connectivity index (χ3v) is 8.08. The quantitative estimate of drug-likeness (QED) is 0.307. The standard InChI is InChI=1S/C20H16N2O8S2/c23-19(21-25)15-12-18(32(29,30)14-9-5-2-6-10-14)16(20(24)22-26)11-17(15)31(27,28)13-7-3-1-4-8-13/h1-12,25-26H,(H,21,23)(H,22,24). The predicted octanol–water partition coefficient (Wildman–Crippen LogP) is 1.59. The Labute approximate surface area is 182 Å². The zero-order chi connectivity index (χ0) is 23.5. The average molecular weight is 476 g/mol. The maximum absolute atomic E-state index is 13.2. The number of hydrogen-bond acceptors (Lipinski definition) is 8. The lowest BCUT2D eigenvalue weighted by Crippen LogP contribution is -2.26. The predicted molar refractivity (Wildman–Crippen MR) is 109 cm³/mol. The van der Waals surface area contributed by atoms with Crippen molar-refractivity contribution < 1.29 is 36.8 Å². The van der Waals surface area contributed by atoms with Gasteiger partial charge in [-0.15, -0.1) is 0 Å². The fourth-order valence-corrected chi connectivity index (χ4v) is 5.90. The summed E-state index contributed by atoms with van der Waals surface area (Å²) in [6, 6.07) is 15.1. The summed E-state index contributed by atoms with van der Waals surface area (Å²) in [6.45, 7) is 0. The smallest absolute Gasteiger partial charge is 0.276 e. The highest BCUT2D eigenvalue weighted by Crippen LogP contribution is 2.32. The summed E-state index contributed by atoms with van der Waals surface area (Å²) in [6.07, 6.45) is 0. The van der Waals surface area contributed by atoms with Gasteiger partial charge in [0.15, 0.2) is 0 Å². The Kier molecular flexibility index (Phi) is 6.41. The molecule has 0 aliphatic heterocycles. The molecule has 0 saturated heterocycles. The second-order valence-electron chi connectivity index (χ2n) is 6.36. The van der Waals surface area contributed by atoms with E-state index in [9.17, 15) is 26.4 Å². The first-order valence-electron chi connectivity index (χ1n) is 8.81. The molecular weight excluding hydrogens is 460 g/mol. The normalized spacial score (nSPS) is 11.6. The fourth-order valence-electron chi connectivity index (χ4n) is 2.93. The van der Waals surface area contributed by atoms with E-state index in [1.165, 1.54) is 59.5 Å². The van der Waals surface area contributed by atoms with Crippen molar-refractivity contribution in [2.45, 2.75) is 19.6 Å². The third kappa shape index (κ3) is 4.11. The molecule has 3 aromatic carbocycles. The minimum Gasteiger partial charge on any atom is -0.288 e. The van der Waals surface area contributed by atoms with Crippen LogP contribution in [-0.2, 0) is 19.7 Å². The van der Waals surface area contributed by atoms with Crippen molar-refractivity contribution in [3.05, 3.63) is 83.9 Å². The van der Waals surface area contributed by atoms with Crippen LogP contribution in [0.25, 0.3) is 0 Å². The van der Waals surface area contributed by atoms with Crippen molar-refractivity contribution in [2.75, 3.05) is 0 Å². The molecule has 0 spiro atoms. The van der Waals surface area contributed by atoms with Crippen LogP contribution in [0.1, 0.15) is 20.7 Å². The van der Waals surface area contributed by atoms with Gasteiger partial charge in [-0.3, -0.25) is 20.0 Å². The lowest BCUT2D eigenvalue weighted by atomic mass is 10.1. The van der Waals surface area contributed by atoms with Crippen LogP contribution in [0.5, 0.6) is 0 Å². The van der Waals surface area contributed by atoms with Crippen molar-refractivity contribution in [1.82, 2.24) is 11.0 Å². The van der Waals surface area contributed by atoms with Crippen molar-refractivity contribution in [3.8, 4) is 0 Å². The number of nitrogens with one attached hydrogen (secondary N) is 2. The molecule has 4 N–H and O–H groups in total. The molecule has 2 amide bonds. The first kappa shape index (κ1) is 23.1. The van der Waals surface area contributed by atoms with Gasteiger partial charge in [-0.25, -0.2) is 27.8 Å². The van der Waals surface area contributed by atoms with Crippen LogP contribution in [0, 0.1) is 0 Å². The minimum atomic E-state index is -4.44. The SMILES string of the molecule is O=C(NO)c1cc(S(=O)(=O)c2ccccc2)c(C(=O)NO)cc1S(=O)(=O)c1ccccc1. The Morgan fingerprint density at radius 2 is 0.906 bits per heavy atom. The topological polar surface area (TPSA) is 167 Å². The summed E-state index contributed by atoms with van der Waals surface area (Å²) in [4.78, 5) is 22.6. The maximum atomic E-state index is 13.2. The summed E-state index contributed by atoms with van der Waals surface area (Å²) in [5.74, 6) is -2.64. The zero-order valence-corrected chi connectivity index (χ0v) is 17.7. The lowest BCUT2D eigenvalue weighted by molar-refractivity contribution is 0.0692. The van der Waals surface area contributed by atoms with E-state index in [0.717, 1.165) is 0 Å². The van der Waals surface area contributed by atoms with Crippen molar-refractivity contribution in [3.63, 3.8) is 0 Å². The number of amides is 2. The highest BCUT2D eigenvalue weighted by atomic mass is 32.2. The molecule has 10 nitrogen and oxygen atoms in total. The van der Waals surface area contributed by atoms with Crippen LogP contribution in [-0.4, -0.2) is 39.1 Å². The molecule has 3 aromatic rings. The fraction of sp³-hybridized carbons (Fsp3) is 0. The van der Waals surface area contributed by atoms with Crippen LogP contribution >= 0.6 is 0 Å². The first-order valence-corrected chi connectivity index (χ1v) is 11.8. The maximum Gasteiger partial charge on any atom is 0.276 e. The highest BCUT2D eigenvalue weighted by molar-refractivity contribution is 7.92. The number of benzene rings is 3. The van der Waals surface area contributed by atoms with E-state index in [2.05, 4.69) is 0 Å². The molecule has 0 aromatic heterocycles. The Morgan fingerprint density at radius 1 is 0.594 bits per heavy atom. The van der Waals surface area contributed by atoms with Gasteiger partial charge in [-0.1, -0.05) is 36.4 Å². The number of carbonyl (C=O) groups excluding carboxylic acids is 2. The summed E-state index contributed by atoms with van der Waals surface area (Å²) in [5, 5.41) is 18.2. The van der Waals surface area contributed by atoms with Crippen LogP contribution in [0.4, 0.5) is 0 Å². The van der Waals surface area contributed by atoms with Gasteiger partial charge < -0.3 is 0 Å². The van der Waals surface area contributed by atoms with Crippen molar-refractivity contribution >= 4 is 31.5 Å². The molecular formula is C20H16N2O8S2. The molecule has 12 heteroatoms. The average Bonchev–Trinajstić information content (AvgIpc) is 2.83. The second kappa shape index (κ2) is 8.88. The highest BCUT2D eigenvalue weighted by Gasteiger charge is 2.32. The first-order chi connectivity index (χ1) is 15.1. The van der Waals surface area contributed by atoms with Gasteiger partial charge in [0.25, 0.3) is 11.8 Å². The summed E-state index contributed by atoms with van der Waals surface area (Å²) in [7, 11) is -8.89. The Hall–Kier alpha value is -3.58. The van der Waals surface area contributed by atoms with Gasteiger partial charge in [-0.05, 0) is 36.4 Å². The molecule has 0 atom stereocenters. The molecule has 0 fully saturated rings. The van der Waals surface area contributed by atoms with Crippen molar-refractivity contribution in [2.24, 2.45) is 0 Å². The van der Waals surface area contributed by atoms with Crippen LogP contribution in [0.3, 0.4) is 0 Å².